The lowest BCUT2D eigenvalue weighted by atomic mass is 10.1. The predicted octanol–water partition coefficient (Wildman–Crippen LogP) is 3.73. The highest BCUT2D eigenvalue weighted by Crippen LogP contribution is 2.29. The molecular weight excluding hydrogens is 371 g/mol. The molecule has 0 amide bonds. The molecule has 2 rings (SSSR count). The van der Waals surface area contributed by atoms with Crippen LogP contribution in [0, 0.1) is 5.82 Å². The fourth-order valence-electron chi connectivity index (χ4n) is 2.49. The van der Waals surface area contributed by atoms with Gasteiger partial charge in [-0.25, -0.2) is 9.38 Å². The zero-order valence-corrected chi connectivity index (χ0v) is 15.8. The Bertz CT molecular complexity index is 768. The molecule has 0 radical (unpaired) electrons. The highest BCUT2D eigenvalue weighted by atomic mass is 19.3. The number of halogens is 3. The molecule has 2 aromatic carbocycles. The summed E-state index contributed by atoms with van der Waals surface area (Å²) in [6.45, 7) is 0.665. The Morgan fingerprint density at radius 3 is 2.39 bits per heavy atom. The van der Waals surface area contributed by atoms with Crippen LogP contribution in [0.4, 0.5) is 13.2 Å². The number of benzene rings is 2. The zero-order valence-electron chi connectivity index (χ0n) is 15.8. The molecule has 0 aromatic heterocycles. The first-order chi connectivity index (χ1) is 13.5. The van der Waals surface area contributed by atoms with E-state index >= 15 is 0 Å². The molecule has 0 aliphatic heterocycles. The largest absolute Gasteiger partial charge is 0.493 e. The van der Waals surface area contributed by atoms with Crippen LogP contribution in [0.1, 0.15) is 18.1 Å². The molecule has 0 aliphatic rings. The number of guanidine groups is 1. The maximum atomic E-state index is 13.0. The molecule has 28 heavy (non-hydrogen) atoms. The van der Waals surface area contributed by atoms with E-state index < -0.39 is 6.61 Å². The first kappa shape index (κ1) is 21.4. The zero-order chi connectivity index (χ0) is 20.4. The van der Waals surface area contributed by atoms with E-state index in [1.54, 1.807) is 24.3 Å². The minimum Gasteiger partial charge on any atom is -0.493 e. The Hall–Kier alpha value is -2.90. The Labute approximate surface area is 162 Å². The molecule has 0 atom stereocenters. The highest BCUT2D eigenvalue weighted by Gasteiger charge is 2.11. The first-order valence-electron chi connectivity index (χ1n) is 8.90. The Kier molecular flexibility index (Phi) is 8.45. The van der Waals surface area contributed by atoms with Crippen LogP contribution < -0.4 is 20.1 Å². The molecule has 2 aromatic rings. The SMILES string of the molecule is CCNC(=NCc1ccc(F)cc1)NCCc1ccc(OC)c(OC(F)F)c1. The summed E-state index contributed by atoms with van der Waals surface area (Å²) in [5.41, 5.74) is 1.71. The molecule has 0 saturated heterocycles. The quantitative estimate of drug-likeness (QED) is 0.502. The molecule has 0 saturated carbocycles. The van der Waals surface area contributed by atoms with E-state index in [2.05, 4.69) is 20.4 Å². The highest BCUT2D eigenvalue weighted by molar-refractivity contribution is 5.79. The molecule has 0 bridgehead atoms. The Morgan fingerprint density at radius 1 is 1.04 bits per heavy atom. The van der Waals surface area contributed by atoms with Crippen molar-refractivity contribution in [2.45, 2.75) is 26.5 Å². The van der Waals surface area contributed by atoms with Crippen LogP contribution in [0.3, 0.4) is 0 Å². The average Bonchev–Trinajstić information content (AvgIpc) is 2.67. The van der Waals surface area contributed by atoms with Gasteiger partial charge in [0.05, 0.1) is 13.7 Å². The number of hydrogen-bond acceptors (Lipinski definition) is 3. The summed E-state index contributed by atoms with van der Waals surface area (Å²) >= 11 is 0. The third-order valence-electron chi connectivity index (χ3n) is 3.83. The summed E-state index contributed by atoms with van der Waals surface area (Å²) in [7, 11) is 1.40. The van der Waals surface area contributed by atoms with Gasteiger partial charge in [-0.15, -0.1) is 0 Å². The molecule has 0 spiro atoms. The predicted molar refractivity (Wildman–Crippen MR) is 103 cm³/mol. The molecule has 0 heterocycles. The topological polar surface area (TPSA) is 54.9 Å². The fourth-order valence-corrected chi connectivity index (χ4v) is 2.49. The smallest absolute Gasteiger partial charge is 0.387 e. The van der Waals surface area contributed by atoms with Crippen LogP contribution in [-0.4, -0.2) is 32.8 Å². The fraction of sp³-hybridized carbons (Fsp3) is 0.350. The van der Waals surface area contributed by atoms with Gasteiger partial charge >= 0.3 is 6.61 Å². The maximum Gasteiger partial charge on any atom is 0.387 e. The summed E-state index contributed by atoms with van der Waals surface area (Å²) in [6, 6.07) is 11.1. The minimum atomic E-state index is -2.92. The van der Waals surface area contributed by atoms with Crippen LogP contribution in [0.15, 0.2) is 47.5 Å². The van der Waals surface area contributed by atoms with Gasteiger partial charge in [-0.3, -0.25) is 0 Å². The van der Waals surface area contributed by atoms with E-state index in [1.165, 1.54) is 25.3 Å². The summed E-state index contributed by atoms with van der Waals surface area (Å²) in [5, 5.41) is 6.31. The standard InChI is InChI=1S/C20H24F3N3O2/c1-3-24-20(26-13-15-4-7-16(21)8-5-15)25-11-10-14-6-9-17(27-2)18(12-14)28-19(22)23/h4-9,12,19H,3,10-11,13H2,1-2H3,(H2,24,25,26). The van der Waals surface area contributed by atoms with Gasteiger partial charge in [0, 0.05) is 13.1 Å². The lowest BCUT2D eigenvalue weighted by Gasteiger charge is -2.13. The minimum absolute atomic E-state index is 0.00637. The molecule has 2 N–H and O–H groups in total. The number of nitrogens with one attached hydrogen (secondary N) is 2. The second kappa shape index (κ2) is 11.1. The maximum absolute atomic E-state index is 13.0. The second-order valence-corrected chi connectivity index (χ2v) is 5.86. The lowest BCUT2D eigenvalue weighted by Crippen LogP contribution is -2.38. The Balaban J connectivity index is 1.94. The van der Waals surface area contributed by atoms with Gasteiger partial charge in [0.2, 0.25) is 0 Å². The number of rotatable bonds is 9. The summed E-state index contributed by atoms with van der Waals surface area (Å²) in [5.74, 6) is 0.593. The van der Waals surface area contributed by atoms with Crippen molar-refractivity contribution in [1.29, 1.82) is 0 Å². The van der Waals surface area contributed by atoms with Gasteiger partial charge in [-0.1, -0.05) is 18.2 Å². The van der Waals surface area contributed by atoms with E-state index in [9.17, 15) is 13.2 Å². The van der Waals surface area contributed by atoms with Gasteiger partial charge in [-0.2, -0.15) is 8.78 Å². The van der Waals surface area contributed by atoms with Crippen LogP contribution in [0.25, 0.3) is 0 Å². The van der Waals surface area contributed by atoms with Crippen molar-refractivity contribution in [2.75, 3.05) is 20.2 Å². The van der Waals surface area contributed by atoms with Crippen molar-refractivity contribution in [3.05, 3.63) is 59.4 Å². The second-order valence-electron chi connectivity index (χ2n) is 5.86. The molecule has 0 fully saturated rings. The average molecular weight is 395 g/mol. The van der Waals surface area contributed by atoms with Crippen molar-refractivity contribution in [2.24, 2.45) is 4.99 Å². The van der Waals surface area contributed by atoms with E-state index in [4.69, 9.17) is 4.74 Å². The Morgan fingerprint density at radius 2 is 1.75 bits per heavy atom. The molecular formula is C20H24F3N3O2. The summed E-state index contributed by atoms with van der Waals surface area (Å²) in [6.07, 6.45) is 0.574. The lowest BCUT2D eigenvalue weighted by molar-refractivity contribution is -0.0512. The van der Waals surface area contributed by atoms with Crippen LogP contribution in [0.2, 0.25) is 0 Å². The monoisotopic (exact) mass is 395 g/mol. The van der Waals surface area contributed by atoms with E-state index in [-0.39, 0.29) is 17.3 Å². The third-order valence-corrected chi connectivity index (χ3v) is 3.83. The van der Waals surface area contributed by atoms with Crippen molar-refractivity contribution >= 4 is 5.96 Å². The third kappa shape index (κ3) is 7.02. The van der Waals surface area contributed by atoms with Crippen molar-refractivity contribution < 1.29 is 22.6 Å². The summed E-state index contributed by atoms with van der Waals surface area (Å²) < 4.78 is 47.5. The normalized spacial score (nSPS) is 11.4. The molecule has 0 aliphatic carbocycles. The number of aliphatic imine (C=N–C) groups is 1. The van der Waals surface area contributed by atoms with Crippen molar-refractivity contribution in [1.82, 2.24) is 10.6 Å². The number of alkyl halides is 2. The van der Waals surface area contributed by atoms with Crippen LogP contribution in [-0.2, 0) is 13.0 Å². The van der Waals surface area contributed by atoms with Gasteiger partial charge < -0.3 is 20.1 Å². The number of hydrogen-bond donors (Lipinski definition) is 2. The number of nitrogens with zero attached hydrogens (tertiary/aromatic N) is 1. The van der Waals surface area contributed by atoms with E-state index in [0.29, 0.717) is 32.0 Å². The number of methoxy groups -OCH3 is 1. The van der Waals surface area contributed by atoms with E-state index in [1.807, 2.05) is 6.92 Å². The van der Waals surface area contributed by atoms with Gasteiger partial charge in [0.25, 0.3) is 0 Å². The van der Waals surface area contributed by atoms with Gasteiger partial charge in [0.15, 0.2) is 17.5 Å². The molecule has 5 nitrogen and oxygen atoms in total. The van der Waals surface area contributed by atoms with Crippen LogP contribution >= 0.6 is 0 Å². The van der Waals surface area contributed by atoms with Crippen molar-refractivity contribution in [3.63, 3.8) is 0 Å². The molecule has 0 unspecified atom stereocenters. The van der Waals surface area contributed by atoms with Gasteiger partial charge in [0.1, 0.15) is 5.82 Å². The van der Waals surface area contributed by atoms with Crippen LogP contribution in [0.5, 0.6) is 11.5 Å². The van der Waals surface area contributed by atoms with Gasteiger partial charge in [-0.05, 0) is 48.7 Å². The molecule has 8 heteroatoms. The molecule has 152 valence electrons. The first-order valence-corrected chi connectivity index (χ1v) is 8.90. The summed E-state index contributed by atoms with van der Waals surface area (Å²) in [4.78, 5) is 4.46. The number of ether oxygens (including phenoxy) is 2. The van der Waals surface area contributed by atoms with Crippen molar-refractivity contribution in [3.8, 4) is 11.5 Å². The van der Waals surface area contributed by atoms with E-state index in [0.717, 1.165) is 11.1 Å².